The summed E-state index contributed by atoms with van der Waals surface area (Å²) in [6.07, 6.45) is 2.23. The average molecular weight is 256 g/mol. The second-order valence-corrected chi connectivity index (χ2v) is 4.75. The van der Waals surface area contributed by atoms with Crippen LogP contribution in [0.1, 0.15) is 24.2 Å². The van der Waals surface area contributed by atoms with Gasteiger partial charge in [0.2, 0.25) is 0 Å². The van der Waals surface area contributed by atoms with Gasteiger partial charge in [0.25, 0.3) is 0 Å². The van der Waals surface area contributed by atoms with E-state index in [-0.39, 0.29) is 0 Å². The van der Waals surface area contributed by atoms with Crippen LogP contribution in [0.2, 0.25) is 0 Å². The molecule has 0 fully saturated rings. The number of rotatable bonds is 5. The Hall–Kier alpha value is -1.87. The van der Waals surface area contributed by atoms with Gasteiger partial charge in [0, 0.05) is 25.4 Å². The number of hydrogen-bond donors (Lipinski definition) is 1. The van der Waals surface area contributed by atoms with Crippen LogP contribution in [0.5, 0.6) is 0 Å². The van der Waals surface area contributed by atoms with Crippen LogP contribution in [0.3, 0.4) is 0 Å². The molecule has 0 aliphatic heterocycles. The maximum absolute atomic E-state index is 9.77. The molecule has 2 aromatic rings. The molecule has 0 saturated carbocycles. The summed E-state index contributed by atoms with van der Waals surface area (Å²) in [5.74, 6) is 0.855. The highest BCUT2D eigenvalue weighted by atomic mass is 16.3. The SMILES string of the molecule is CC(O)c1cccnc1N(C)CCc1ccccc1. The molecule has 1 heterocycles. The van der Waals surface area contributed by atoms with Crippen LogP contribution in [0.15, 0.2) is 48.7 Å². The molecule has 1 aromatic carbocycles. The molecule has 0 aliphatic carbocycles. The average Bonchev–Trinajstić information content (AvgIpc) is 2.46. The van der Waals surface area contributed by atoms with Crippen LogP contribution in [-0.4, -0.2) is 23.7 Å². The van der Waals surface area contributed by atoms with Crippen LogP contribution in [0, 0.1) is 0 Å². The number of pyridine rings is 1. The Balaban J connectivity index is 2.06. The van der Waals surface area contributed by atoms with E-state index in [1.807, 2.05) is 25.2 Å². The second kappa shape index (κ2) is 6.34. The number of hydrogen-bond acceptors (Lipinski definition) is 3. The Labute approximate surface area is 114 Å². The largest absolute Gasteiger partial charge is 0.389 e. The van der Waals surface area contributed by atoms with Crippen LogP contribution >= 0.6 is 0 Å². The maximum atomic E-state index is 9.77. The summed E-state index contributed by atoms with van der Waals surface area (Å²) in [7, 11) is 2.01. The van der Waals surface area contributed by atoms with E-state index in [2.05, 4.69) is 34.1 Å². The fourth-order valence-corrected chi connectivity index (χ4v) is 2.10. The van der Waals surface area contributed by atoms with E-state index in [4.69, 9.17) is 0 Å². The summed E-state index contributed by atoms with van der Waals surface area (Å²) in [4.78, 5) is 6.47. The molecule has 0 amide bonds. The number of likely N-dealkylation sites (N-methyl/N-ethyl adjacent to an activating group) is 1. The molecular formula is C16H20N2O. The lowest BCUT2D eigenvalue weighted by molar-refractivity contribution is 0.199. The Bertz CT molecular complexity index is 511. The van der Waals surface area contributed by atoms with Gasteiger partial charge in [0.1, 0.15) is 5.82 Å². The van der Waals surface area contributed by atoms with E-state index in [9.17, 15) is 5.11 Å². The van der Waals surface area contributed by atoms with E-state index in [1.54, 1.807) is 13.1 Å². The quantitative estimate of drug-likeness (QED) is 0.893. The lowest BCUT2D eigenvalue weighted by Gasteiger charge is -2.22. The molecule has 0 radical (unpaired) electrons. The van der Waals surface area contributed by atoms with E-state index in [0.717, 1.165) is 24.3 Å². The minimum Gasteiger partial charge on any atom is -0.389 e. The molecule has 1 aromatic heterocycles. The molecule has 0 bridgehead atoms. The zero-order chi connectivity index (χ0) is 13.7. The number of nitrogens with zero attached hydrogens (tertiary/aromatic N) is 2. The molecule has 1 atom stereocenters. The molecule has 1 N–H and O–H groups in total. The van der Waals surface area contributed by atoms with Crippen molar-refractivity contribution in [3.05, 3.63) is 59.8 Å². The predicted molar refractivity (Wildman–Crippen MR) is 78.3 cm³/mol. The summed E-state index contributed by atoms with van der Waals surface area (Å²) in [5, 5.41) is 9.77. The highest BCUT2D eigenvalue weighted by molar-refractivity contribution is 5.47. The van der Waals surface area contributed by atoms with E-state index >= 15 is 0 Å². The molecule has 2 rings (SSSR count). The minimum absolute atomic E-state index is 0.497. The maximum Gasteiger partial charge on any atom is 0.134 e. The van der Waals surface area contributed by atoms with Crippen molar-refractivity contribution >= 4 is 5.82 Å². The first-order valence-corrected chi connectivity index (χ1v) is 6.56. The predicted octanol–water partition coefficient (Wildman–Crippen LogP) is 2.81. The van der Waals surface area contributed by atoms with Crippen LogP contribution in [0.25, 0.3) is 0 Å². The van der Waals surface area contributed by atoms with Gasteiger partial charge in [-0.25, -0.2) is 4.98 Å². The van der Waals surface area contributed by atoms with E-state index in [0.29, 0.717) is 0 Å². The molecule has 0 spiro atoms. The van der Waals surface area contributed by atoms with Crippen LogP contribution in [0.4, 0.5) is 5.82 Å². The number of benzene rings is 1. The van der Waals surface area contributed by atoms with Gasteiger partial charge in [-0.3, -0.25) is 0 Å². The lowest BCUT2D eigenvalue weighted by atomic mass is 10.1. The molecular weight excluding hydrogens is 236 g/mol. The Morgan fingerprint density at radius 1 is 1.16 bits per heavy atom. The van der Waals surface area contributed by atoms with Crippen LogP contribution in [-0.2, 0) is 6.42 Å². The van der Waals surface area contributed by atoms with E-state index < -0.39 is 6.10 Å². The third-order valence-electron chi connectivity index (χ3n) is 3.21. The smallest absolute Gasteiger partial charge is 0.134 e. The van der Waals surface area contributed by atoms with Gasteiger partial charge in [0.15, 0.2) is 0 Å². The number of aliphatic hydroxyl groups is 1. The first kappa shape index (κ1) is 13.6. The Kier molecular flexibility index (Phi) is 4.53. The molecule has 100 valence electrons. The number of aromatic nitrogens is 1. The first-order chi connectivity index (χ1) is 9.18. The van der Waals surface area contributed by atoms with Gasteiger partial charge >= 0.3 is 0 Å². The number of aliphatic hydroxyl groups excluding tert-OH is 1. The third kappa shape index (κ3) is 3.55. The van der Waals surface area contributed by atoms with Crippen molar-refractivity contribution in [1.82, 2.24) is 4.98 Å². The van der Waals surface area contributed by atoms with Crippen molar-refractivity contribution in [3.8, 4) is 0 Å². The van der Waals surface area contributed by atoms with Gasteiger partial charge in [-0.05, 0) is 25.0 Å². The fraction of sp³-hybridized carbons (Fsp3) is 0.312. The zero-order valence-corrected chi connectivity index (χ0v) is 11.5. The van der Waals surface area contributed by atoms with Gasteiger partial charge in [-0.1, -0.05) is 36.4 Å². The van der Waals surface area contributed by atoms with Crippen molar-refractivity contribution in [3.63, 3.8) is 0 Å². The van der Waals surface area contributed by atoms with Gasteiger partial charge < -0.3 is 10.0 Å². The normalized spacial score (nSPS) is 12.2. The second-order valence-electron chi connectivity index (χ2n) is 4.75. The highest BCUT2D eigenvalue weighted by Crippen LogP contribution is 2.22. The summed E-state index contributed by atoms with van der Waals surface area (Å²) in [6, 6.07) is 14.2. The molecule has 0 saturated heterocycles. The van der Waals surface area contributed by atoms with Crippen molar-refractivity contribution in [2.75, 3.05) is 18.5 Å². The van der Waals surface area contributed by atoms with Crippen molar-refractivity contribution in [2.45, 2.75) is 19.4 Å². The van der Waals surface area contributed by atoms with E-state index in [1.165, 1.54) is 5.56 Å². The Morgan fingerprint density at radius 3 is 2.58 bits per heavy atom. The lowest BCUT2D eigenvalue weighted by Crippen LogP contribution is -2.23. The monoisotopic (exact) mass is 256 g/mol. The molecule has 1 unspecified atom stereocenters. The first-order valence-electron chi connectivity index (χ1n) is 6.56. The van der Waals surface area contributed by atoms with Crippen molar-refractivity contribution in [1.29, 1.82) is 0 Å². The van der Waals surface area contributed by atoms with Gasteiger partial charge in [-0.2, -0.15) is 0 Å². The molecule has 3 nitrogen and oxygen atoms in total. The fourth-order valence-electron chi connectivity index (χ4n) is 2.10. The third-order valence-corrected chi connectivity index (χ3v) is 3.21. The number of anilines is 1. The minimum atomic E-state index is -0.497. The molecule has 0 aliphatic rings. The summed E-state index contributed by atoms with van der Waals surface area (Å²) >= 11 is 0. The van der Waals surface area contributed by atoms with Gasteiger partial charge in [-0.15, -0.1) is 0 Å². The zero-order valence-electron chi connectivity index (χ0n) is 11.5. The topological polar surface area (TPSA) is 36.4 Å². The van der Waals surface area contributed by atoms with Gasteiger partial charge in [0.05, 0.1) is 6.10 Å². The van der Waals surface area contributed by atoms with Crippen LogP contribution < -0.4 is 4.90 Å². The van der Waals surface area contributed by atoms with Crippen molar-refractivity contribution < 1.29 is 5.11 Å². The Morgan fingerprint density at radius 2 is 1.89 bits per heavy atom. The van der Waals surface area contributed by atoms with Crippen molar-refractivity contribution in [2.24, 2.45) is 0 Å². The summed E-state index contributed by atoms with van der Waals surface area (Å²) < 4.78 is 0. The molecule has 3 heteroatoms. The highest BCUT2D eigenvalue weighted by Gasteiger charge is 2.12. The summed E-state index contributed by atoms with van der Waals surface area (Å²) in [5.41, 5.74) is 2.18. The molecule has 19 heavy (non-hydrogen) atoms. The standard InChI is InChI=1S/C16H20N2O/c1-13(19)15-9-6-11-17-16(15)18(2)12-10-14-7-4-3-5-8-14/h3-9,11,13,19H,10,12H2,1-2H3. The summed E-state index contributed by atoms with van der Waals surface area (Å²) in [6.45, 7) is 2.65.